The van der Waals surface area contributed by atoms with Gasteiger partial charge in [-0.2, -0.15) is 13.2 Å². The average molecular weight is 1140 g/mol. The lowest BCUT2D eigenvalue weighted by atomic mass is 9.96. The van der Waals surface area contributed by atoms with Gasteiger partial charge in [0.2, 0.25) is 6.29 Å². The molecule has 15 heteroatoms. The molecule has 0 unspecified atom stereocenters. The lowest BCUT2D eigenvalue weighted by molar-refractivity contribution is -0.348. The van der Waals surface area contributed by atoms with Crippen LogP contribution in [0.3, 0.4) is 0 Å². The van der Waals surface area contributed by atoms with Crippen LogP contribution in [0.5, 0.6) is 0 Å². The van der Waals surface area contributed by atoms with E-state index >= 15 is 13.2 Å². The lowest BCUT2D eigenvalue weighted by Crippen LogP contribution is -2.64. The van der Waals surface area contributed by atoms with E-state index in [-0.39, 0.29) is 65.1 Å². The SMILES string of the molecule is FC(F)(F)C(=Nc1ccccc1)O[C@@H]1O[C@H](CO[C@@H]2O[C@H](COCc3ccccc3)[C@@H](OCc3ccccc3)[C@H](OCc3ccccc3)[C@H]2OCc2ccccc2)[C@@H](OCc2ccccc2)[C@H](OCc2ccccc2)[C@H]1OCc1ccccc1. The van der Waals surface area contributed by atoms with Gasteiger partial charge in [-0.25, -0.2) is 4.99 Å². The van der Waals surface area contributed by atoms with Gasteiger partial charge in [-0.3, -0.25) is 0 Å². The fraction of sp³-hybridized carbons (Fsp3) is 0.290. The van der Waals surface area contributed by atoms with E-state index in [9.17, 15) is 0 Å². The van der Waals surface area contributed by atoms with Crippen molar-refractivity contribution in [1.82, 2.24) is 0 Å². The van der Waals surface area contributed by atoms with Crippen LogP contribution in [0.1, 0.15) is 38.9 Å². The minimum absolute atomic E-state index is 0.0107. The molecule has 0 saturated carbocycles. The van der Waals surface area contributed by atoms with Gasteiger partial charge < -0.3 is 52.1 Å². The maximum absolute atomic E-state index is 15.4. The predicted octanol–water partition coefficient (Wildman–Crippen LogP) is 13.5. The third kappa shape index (κ3) is 17.6. The molecule has 0 bridgehead atoms. The first-order chi connectivity index (χ1) is 41.3. The molecular formula is C69H68F3NO11. The number of aliphatic imine (C=N–C) groups is 1. The van der Waals surface area contributed by atoms with E-state index in [2.05, 4.69) is 4.99 Å². The second kappa shape index (κ2) is 31.0. The number of rotatable bonds is 27. The Balaban J connectivity index is 1.04. The normalized spacial score (nSPS) is 22.8. The van der Waals surface area contributed by atoms with E-state index in [1.165, 1.54) is 12.1 Å². The van der Waals surface area contributed by atoms with E-state index in [1.54, 1.807) is 18.2 Å². The van der Waals surface area contributed by atoms with Crippen LogP contribution in [0.4, 0.5) is 18.9 Å². The molecule has 0 amide bonds. The van der Waals surface area contributed by atoms with Gasteiger partial charge in [0.15, 0.2) is 6.29 Å². The van der Waals surface area contributed by atoms with Crippen molar-refractivity contribution in [3.05, 3.63) is 282 Å². The number of benzene rings is 8. The zero-order valence-electron chi connectivity index (χ0n) is 46.3. The number of hydrogen-bond donors (Lipinski definition) is 0. The summed E-state index contributed by atoms with van der Waals surface area (Å²) in [6.45, 7) is 0.464. The van der Waals surface area contributed by atoms with Gasteiger partial charge >= 0.3 is 6.18 Å². The number of hydrogen-bond acceptors (Lipinski definition) is 12. The quantitative estimate of drug-likeness (QED) is 0.0362. The van der Waals surface area contributed by atoms with Gasteiger partial charge in [0.25, 0.3) is 5.90 Å². The first-order valence-corrected chi connectivity index (χ1v) is 28.1. The maximum Gasteiger partial charge on any atom is 0.468 e. The molecule has 0 aliphatic carbocycles. The second-order valence-corrected chi connectivity index (χ2v) is 20.4. The van der Waals surface area contributed by atoms with Crippen LogP contribution in [-0.4, -0.2) is 86.7 Å². The molecule has 8 aromatic carbocycles. The topological polar surface area (TPSA) is 114 Å². The van der Waals surface area contributed by atoms with Crippen molar-refractivity contribution in [2.75, 3.05) is 13.2 Å². The third-order valence-electron chi connectivity index (χ3n) is 14.2. The van der Waals surface area contributed by atoms with Crippen LogP contribution in [-0.2, 0) is 98.4 Å². The molecule has 2 aliphatic rings. The van der Waals surface area contributed by atoms with Crippen LogP contribution in [0.25, 0.3) is 0 Å². The molecule has 0 N–H and O–H groups in total. The van der Waals surface area contributed by atoms with E-state index in [1.807, 2.05) is 212 Å². The Bertz CT molecular complexity index is 3140. The molecule has 8 aromatic rings. The molecule has 2 saturated heterocycles. The summed E-state index contributed by atoms with van der Waals surface area (Å²) < 4.78 is 121. The Morgan fingerprint density at radius 3 is 0.964 bits per heavy atom. The highest BCUT2D eigenvalue weighted by molar-refractivity contribution is 5.84. The summed E-state index contributed by atoms with van der Waals surface area (Å²) in [6.07, 6.45) is -16.4. The van der Waals surface area contributed by atoms with Crippen LogP contribution in [0.2, 0.25) is 0 Å². The molecule has 436 valence electrons. The van der Waals surface area contributed by atoms with Gasteiger partial charge in [-0.05, 0) is 51.1 Å². The number of halogens is 3. The molecule has 2 heterocycles. The molecule has 0 spiro atoms. The van der Waals surface area contributed by atoms with Crippen molar-refractivity contribution < 1.29 is 65.3 Å². The number of alkyl halides is 3. The smallest absolute Gasteiger partial charge is 0.441 e. The average Bonchev–Trinajstić information content (AvgIpc) is 2.34. The molecular weight excluding hydrogens is 1080 g/mol. The Labute approximate surface area is 488 Å². The van der Waals surface area contributed by atoms with Crippen molar-refractivity contribution in [3.63, 3.8) is 0 Å². The molecule has 0 aromatic heterocycles. The van der Waals surface area contributed by atoms with E-state index in [0.717, 1.165) is 38.9 Å². The van der Waals surface area contributed by atoms with Crippen molar-refractivity contribution in [2.45, 2.75) is 114 Å². The molecule has 84 heavy (non-hydrogen) atoms. The summed E-state index contributed by atoms with van der Waals surface area (Å²) in [5, 5.41) is 0. The van der Waals surface area contributed by atoms with E-state index in [4.69, 9.17) is 52.1 Å². The highest BCUT2D eigenvalue weighted by atomic mass is 19.4. The zero-order valence-corrected chi connectivity index (χ0v) is 46.3. The van der Waals surface area contributed by atoms with Gasteiger partial charge in [-0.1, -0.05) is 231 Å². The Hall–Kier alpha value is -7.38. The lowest BCUT2D eigenvalue weighted by Gasteiger charge is -2.48. The standard InChI is InChI=1S/C69H68F3NO11/c70-69(71,72)68(73-57-39-23-8-24-40-57)84-67-65(80-47-56-37-21-7-22-38-56)63(78-45-54-33-17-5-18-34-54)61(76-43-52-29-13-3-14-30-52)59(83-67)49-81-66-64(79-46-55-35-19-6-20-36-55)62(77-44-53-31-15-4-16-32-53)60(75-42-51-27-11-2-12-28-51)58(82-66)48-74-41-50-25-9-1-10-26-50/h1-40,58-67H,41-49H2/t58-,59-,60-,61-,62+,63+,64-,65-,66-,67+/m1/s1. The first-order valence-electron chi connectivity index (χ1n) is 28.1. The first kappa shape index (κ1) is 59.8. The summed E-state index contributed by atoms with van der Waals surface area (Å²) in [5.41, 5.74) is 6.01. The van der Waals surface area contributed by atoms with Crippen molar-refractivity contribution in [3.8, 4) is 0 Å². The predicted molar refractivity (Wildman–Crippen MR) is 310 cm³/mol. The van der Waals surface area contributed by atoms with Crippen molar-refractivity contribution in [2.24, 2.45) is 4.99 Å². The zero-order chi connectivity index (χ0) is 57.6. The summed E-state index contributed by atoms with van der Waals surface area (Å²) in [7, 11) is 0. The maximum atomic E-state index is 15.4. The van der Waals surface area contributed by atoms with Crippen molar-refractivity contribution >= 4 is 11.6 Å². The van der Waals surface area contributed by atoms with E-state index < -0.39 is 73.5 Å². The van der Waals surface area contributed by atoms with Crippen LogP contribution in [0.15, 0.2) is 248 Å². The summed E-state index contributed by atoms with van der Waals surface area (Å²) in [4.78, 5) is 3.99. The van der Waals surface area contributed by atoms with Crippen LogP contribution >= 0.6 is 0 Å². The van der Waals surface area contributed by atoms with Crippen molar-refractivity contribution in [1.29, 1.82) is 0 Å². The molecule has 10 atom stereocenters. The highest BCUT2D eigenvalue weighted by Gasteiger charge is 2.54. The molecule has 0 radical (unpaired) electrons. The summed E-state index contributed by atoms with van der Waals surface area (Å²) in [5.74, 6) is -1.56. The van der Waals surface area contributed by atoms with E-state index in [0.29, 0.717) is 0 Å². The molecule has 12 nitrogen and oxygen atoms in total. The monoisotopic (exact) mass is 1140 g/mol. The molecule has 10 rings (SSSR count). The Morgan fingerprint density at radius 2 is 0.607 bits per heavy atom. The molecule has 2 aliphatic heterocycles. The van der Waals surface area contributed by atoms with Gasteiger partial charge in [-0.15, -0.1) is 0 Å². The Kier molecular flexibility index (Phi) is 22.0. The minimum atomic E-state index is -5.08. The fourth-order valence-electron chi connectivity index (χ4n) is 9.93. The summed E-state index contributed by atoms with van der Waals surface area (Å²) in [6, 6.07) is 75.0. The largest absolute Gasteiger partial charge is 0.468 e. The van der Waals surface area contributed by atoms with Crippen LogP contribution < -0.4 is 0 Å². The van der Waals surface area contributed by atoms with Gasteiger partial charge in [0, 0.05) is 0 Å². The third-order valence-corrected chi connectivity index (χ3v) is 14.2. The van der Waals surface area contributed by atoms with Gasteiger partial charge in [0.1, 0.15) is 48.8 Å². The number of ether oxygens (including phenoxy) is 11. The second-order valence-electron chi connectivity index (χ2n) is 20.4. The molecule has 2 fully saturated rings. The van der Waals surface area contributed by atoms with Crippen LogP contribution in [0, 0.1) is 0 Å². The fourth-order valence-corrected chi connectivity index (χ4v) is 9.93. The highest BCUT2D eigenvalue weighted by Crippen LogP contribution is 2.37. The number of para-hydroxylation sites is 1. The minimum Gasteiger partial charge on any atom is -0.441 e. The van der Waals surface area contributed by atoms with Gasteiger partial charge in [0.05, 0.1) is 65.1 Å². The number of nitrogens with zero attached hydrogens (tertiary/aromatic N) is 1. The Morgan fingerprint density at radius 1 is 0.321 bits per heavy atom. The summed E-state index contributed by atoms with van der Waals surface area (Å²) >= 11 is 0.